The van der Waals surface area contributed by atoms with E-state index in [4.69, 9.17) is 0 Å². The Morgan fingerprint density at radius 2 is 2.33 bits per heavy atom. The van der Waals surface area contributed by atoms with Crippen molar-refractivity contribution in [3.05, 3.63) is 0 Å². The van der Waals surface area contributed by atoms with Crippen molar-refractivity contribution in [3.63, 3.8) is 0 Å². The molecule has 0 aromatic carbocycles. The van der Waals surface area contributed by atoms with E-state index in [1.807, 2.05) is 0 Å². The minimum atomic E-state index is -0.306. The summed E-state index contributed by atoms with van der Waals surface area (Å²) < 4.78 is 4.45. The third-order valence-electron chi connectivity index (χ3n) is 1.89. The molecule has 0 radical (unpaired) electrons. The second-order valence-corrected chi connectivity index (χ2v) is 3.92. The van der Waals surface area contributed by atoms with Gasteiger partial charge >= 0.3 is 5.97 Å². The van der Waals surface area contributed by atoms with E-state index >= 15 is 0 Å². The third kappa shape index (κ3) is 5.25. The SMILES string of the molecule is COC(=O)CCNC(=O)C1CSCN1.Cl. The van der Waals surface area contributed by atoms with Crippen LogP contribution in [0.2, 0.25) is 0 Å². The van der Waals surface area contributed by atoms with Crippen molar-refractivity contribution in [3.8, 4) is 0 Å². The van der Waals surface area contributed by atoms with E-state index in [-0.39, 0.29) is 36.7 Å². The third-order valence-corrected chi connectivity index (χ3v) is 2.83. The average molecular weight is 255 g/mol. The second-order valence-electron chi connectivity index (χ2n) is 2.89. The number of amides is 1. The van der Waals surface area contributed by atoms with Crippen LogP contribution in [-0.4, -0.2) is 43.2 Å². The smallest absolute Gasteiger partial charge is 0.307 e. The summed E-state index contributed by atoms with van der Waals surface area (Å²) in [7, 11) is 1.33. The maximum Gasteiger partial charge on any atom is 0.307 e. The van der Waals surface area contributed by atoms with Crippen molar-refractivity contribution < 1.29 is 14.3 Å². The van der Waals surface area contributed by atoms with Gasteiger partial charge in [-0.3, -0.25) is 14.9 Å². The number of esters is 1. The molecule has 1 unspecified atom stereocenters. The summed E-state index contributed by atoms with van der Waals surface area (Å²) in [5.74, 6) is 1.26. The van der Waals surface area contributed by atoms with Gasteiger partial charge in [-0.15, -0.1) is 24.2 Å². The van der Waals surface area contributed by atoms with E-state index in [0.29, 0.717) is 6.54 Å². The molecule has 88 valence electrons. The molecular weight excluding hydrogens is 240 g/mol. The first-order valence-electron chi connectivity index (χ1n) is 4.39. The maximum absolute atomic E-state index is 11.4. The molecule has 1 aliphatic rings. The molecule has 5 nitrogen and oxygen atoms in total. The van der Waals surface area contributed by atoms with Crippen LogP contribution in [0.5, 0.6) is 0 Å². The number of halogens is 1. The fourth-order valence-corrected chi connectivity index (χ4v) is 2.02. The minimum absolute atomic E-state index is 0. The Morgan fingerprint density at radius 3 is 2.87 bits per heavy atom. The molecule has 15 heavy (non-hydrogen) atoms. The Bertz CT molecular complexity index is 222. The van der Waals surface area contributed by atoms with Crippen LogP contribution in [0.4, 0.5) is 0 Å². The lowest BCUT2D eigenvalue weighted by molar-refractivity contribution is -0.140. The molecule has 1 aliphatic heterocycles. The number of nitrogens with one attached hydrogen (secondary N) is 2. The summed E-state index contributed by atoms with van der Waals surface area (Å²) in [5, 5.41) is 5.72. The molecule has 0 aromatic rings. The quantitative estimate of drug-likeness (QED) is 0.678. The zero-order valence-electron chi connectivity index (χ0n) is 8.45. The van der Waals surface area contributed by atoms with Gasteiger partial charge in [0.25, 0.3) is 0 Å². The number of carbonyl (C=O) groups is 2. The van der Waals surface area contributed by atoms with Crippen LogP contribution < -0.4 is 10.6 Å². The van der Waals surface area contributed by atoms with Gasteiger partial charge in [-0.05, 0) is 0 Å². The first-order valence-corrected chi connectivity index (χ1v) is 5.55. The van der Waals surface area contributed by atoms with Gasteiger partial charge in [0.1, 0.15) is 0 Å². The van der Waals surface area contributed by atoms with E-state index in [1.165, 1.54) is 7.11 Å². The Kier molecular flexibility index (Phi) is 7.54. The van der Waals surface area contributed by atoms with Crippen LogP contribution in [0.25, 0.3) is 0 Å². The van der Waals surface area contributed by atoms with Gasteiger partial charge in [0.2, 0.25) is 5.91 Å². The van der Waals surface area contributed by atoms with Crippen molar-refractivity contribution in [2.75, 3.05) is 25.3 Å². The molecule has 7 heteroatoms. The molecule has 0 saturated carbocycles. The van der Waals surface area contributed by atoms with Gasteiger partial charge in [-0.2, -0.15) is 0 Å². The van der Waals surface area contributed by atoms with Gasteiger partial charge in [-0.1, -0.05) is 0 Å². The highest BCUT2D eigenvalue weighted by molar-refractivity contribution is 7.99. The number of rotatable bonds is 4. The number of thioether (sulfide) groups is 1. The molecule has 1 heterocycles. The molecule has 0 aliphatic carbocycles. The summed E-state index contributed by atoms with van der Waals surface area (Å²) in [6, 6.07) is -0.113. The lowest BCUT2D eigenvalue weighted by Crippen LogP contribution is -2.42. The zero-order chi connectivity index (χ0) is 10.4. The van der Waals surface area contributed by atoms with Crippen LogP contribution in [0.3, 0.4) is 0 Å². The van der Waals surface area contributed by atoms with Crippen molar-refractivity contribution in [2.24, 2.45) is 0 Å². The maximum atomic E-state index is 11.4. The molecular formula is C8H15ClN2O3S. The number of methoxy groups -OCH3 is 1. The van der Waals surface area contributed by atoms with Crippen molar-refractivity contribution in [2.45, 2.75) is 12.5 Å². The molecule has 1 saturated heterocycles. The van der Waals surface area contributed by atoms with Crippen LogP contribution in [0, 0.1) is 0 Å². The topological polar surface area (TPSA) is 67.4 Å². The Hall–Kier alpha value is -0.460. The summed E-state index contributed by atoms with van der Waals surface area (Å²) in [6.45, 7) is 0.342. The highest BCUT2D eigenvalue weighted by atomic mass is 35.5. The first-order chi connectivity index (χ1) is 6.74. The second kappa shape index (κ2) is 7.78. The predicted molar refractivity (Wildman–Crippen MR) is 61.1 cm³/mol. The summed E-state index contributed by atoms with van der Waals surface area (Å²) in [4.78, 5) is 22.1. The Balaban J connectivity index is 0.00000196. The molecule has 1 atom stereocenters. The minimum Gasteiger partial charge on any atom is -0.469 e. The van der Waals surface area contributed by atoms with E-state index in [2.05, 4.69) is 15.4 Å². The van der Waals surface area contributed by atoms with Crippen molar-refractivity contribution in [1.29, 1.82) is 0 Å². The summed E-state index contributed by atoms with van der Waals surface area (Å²) >= 11 is 1.69. The zero-order valence-corrected chi connectivity index (χ0v) is 10.1. The standard InChI is InChI=1S/C8H14N2O3S.ClH/c1-13-7(11)2-3-9-8(12)6-4-14-5-10-6;/h6,10H,2-5H2,1H3,(H,9,12);1H. The lowest BCUT2D eigenvalue weighted by Gasteiger charge is -2.09. The van der Waals surface area contributed by atoms with E-state index in [0.717, 1.165) is 11.6 Å². The average Bonchev–Trinajstić information content (AvgIpc) is 2.70. The highest BCUT2D eigenvalue weighted by Gasteiger charge is 2.21. The lowest BCUT2D eigenvalue weighted by atomic mass is 10.3. The predicted octanol–water partition coefficient (Wildman–Crippen LogP) is -0.250. The number of ether oxygens (including phenoxy) is 1. The molecule has 1 fully saturated rings. The van der Waals surface area contributed by atoms with Crippen LogP contribution in [0.15, 0.2) is 0 Å². The largest absolute Gasteiger partial charge is 0.469 e. The van der Waals surface area contributed by atoms with Crippen LogP contribution in [-0.2, 0) is 14.3 Å². The fraction of sp³-hybridized carbons (Fsp3) is 0.750. The number of hydrogen-bond donors (Lipinski definition) is 2. The number of hydrogen-bond acceptors (Lipinski definition) is 5. The van der Waals surface area contributed by atoms with Gasteiger partial charge in [-0.25, -0.2) is 0 Å². The van der Waals surface area contributed by atoms with Crippen LogP contribution >= 0.6 is 24.2 Å². The van der Waals surface area contributed by atoms with E-state index < -0.39 is 0 Å². The normalized spacial score (nSPS) is 19.1. The Labute approximate surface area is 99.1 Å². The summed E-state index contributed by atoms with van der Waals surface area (Å²) in [6.07, 6.45) is 0.224. The van der Waals surface area contributed by atoms with Gasteiger partial charge < -0.3 is 10.1 Å². The van der Waals surface area contributed by atoms with Gasteiger partial charge in [0.05, 0.1) is 19.6 Å². The van der Waals surface area contributed by atoms with E-state index in [9.17, 15) is 9.59 Å². The summed E-state index contributed by atoms with van der Waals surface area (Å²) in [5.41, 5.74) is 0. The van der Waals surface area contributed by atoms with Crippen LogP contribution in [0.1, 0.15) is 6.42 Å². The molecule has 0 bridgehead atoms. The molecule has 0 spiro atoms. The van der Waals surface area contributed by atoms with Gasteiger partial charge in [0, 0.05) is 18.2 Å². The molecule has 1 rings (SSSR count). The molecule has 1 amide bonds. The van der Waals surface area contributed by atoms with Crippen molar-refractivity contribution >= 4 is 36.0 Å². The van der Waals surface area contributed by atoms with E-state index in [1.54, 1.807) is 11.8 Å². The van der Waals surface area contributed by atoms with Gasteiger partial charge in [0.15, 0.2) is 0 Å². The molecule has 0 aromatic heterocycles. The highest BCUT2D eigenvalue weighted by Crippen LogP contribution is 2.08. The fourth-order valence-electron chi connectivity index (χ4n) is 1.08. The monoisotopic (exact) mass is 254 g/mol. The van der Waals surface area contributed by atoms with Crippen molar-refractivity contribution in [1.82, 2.24) is 10.6 Å². The Morgan fingerprint density at radius 1 is 1.60 bits per heavy atom. The number of carbonyl (C=O) groups excluding carboxylic acids is 2. The molecule has 2 N–H and O–H groups in total. The first kappa shape index (κ1) is 14.5.